The fourth-order valence-electron chi connectivity index (χ4n) is 6.75. The molecule has 0 spiro atoms. The Hall–Kier alpha value is -3.97. The second-order valence-corrected chi connectivity index (χ2v) is 11.5. The van der Waals surface area contributed by atoms with Crippen LogP contribution in [0.5, 0.6) is 5.75 Å². The minimum Gasteiger partial charge on any atom is -0.508 e. The number of anilines is 1. The standard InChI is InChI=1S/C29H38N4O9/c1-5-7-9-32(10-8-6-2)17-13-18(33(41)42)23(34)20-15(17)11-14-12-16-22(31(3)4)25(36)21(28(30)39)27(38)29(16,40)26(37)19(14)24(20)35/h13-14,16,22,34-35,38,40H,5-12H2,1-4H3,(H2,30,39)/t14?,16?,22-,29-/m0/s1. The monoisotopic (exact) mass is 586 g/mol. The van der Waals surface area contributed by atoms with Crippen LogP contribution in [0.2, 0.25) is 0 Å². The van der Waals surface area contributed by atoms with E-state index in [9.17, 15) is 44.9 Å². The number of likely N-dealkylation sites (N-methyl/N-ethyl adjacent to an activating group) is 1. The van der Waals surface area contributed by atoms with Gasteiger partial charge >= 0.3 is 5.69 Å². The van der Waals surface area contributed by atoms with Crippen molar-refractivity contribution >= 4 is 34.6 Å². The zero-order valence-corrected chi connectivity index (χ0v) is 24.2. The molecule has 13 heteroatoms. The highest BCUT2D eigenvalue weighted by Gasteiger charge is 2.64. The van der Waals surface area contributed by atoms with Crippen molar-refractivity contribution in [2.45, 2.75) is 64.0 Å². The molecule has 228 valence electrons. The van der Waals surface area contributed by atoms with Gasteiger partial charge in [0, 0.05) is 36.3 Å². The Balaban J connectivity index is 2.00. The van der Waals surface area contributed by atoms with Crippen LogP contribution in [0, 0.1) is 22.0 Å². The van der Waals surface area contributed by atoms with E-state index in [4.69, 9.17) is 5.73 Å². The number of Topliss-reactive ketones (excluding diaryl/α,β-unsaturated/α-hetero) is 2. The molecule has 6 N–H and O–H groups in total. The van der Waals surface area contributed by atoms with Gasteiger partial charge in [0.05, 0.1) is 16.5 Å². The second-order valence-electron chi connectivity index (χ2n) is 11.5. The molecular weight excluding hydrogens is 548 g/mol. The number of carbonyl (C=O) groups is 3. The zero-order chi connectivity index (χ0) is 31.3. The normalized spacial score (nSPS) is 25.3. The molecule has 1 aromatic rings. The molecule has 3 aliphatic carbocycles. The number of carbonyl (C=O) groups excluding carboxylic acids is 3. The quantitative estimate of drug-likeness (QED) is 0.153. The van der Waals surface area contributed by atoms with Gasteiger partial charge in [0.1, 0.15) is 17.1 Å². The number of nitro groups is 1. The third-order valence-electron chi connectivity index (χ3n) is 8.78. The van der Waals surface area contributed by atoms with Gasteiger partial charge in [-0.2, -0.15) is 0 Å². The van der Waals surface area contributed by atoms with Crippen LogP contribution in [0.25, 0.3) is 5.76 Å². The van der Waals surface area contributed by atoms with Crippen LogP contribution >= 0.6 is 0 Å². The van der Waals surface area contributed by atoms with Crippen LogP contribution in [0.4, 0.5) is 11.4 Å². The molecular formula is C29H38N4O9. The smallest absolute Gasteiger partial charge is 0.313 e. The molecule has 0 heterocycles. The number of unbranched alkanes of at least 4 members (excludes halogenated alkanes) is 2. The van der Waals surface area contributed by atoms with E-state index in [1.54, 1.807) is 0 Å². The summed E-state index contributed by atoms with van der Waals surface area (Å²) in [6, 6.07) is 0.0944. The molecule has 13 nitrogen and oxygen atoms in total. The Morgan fingerprint density at radius 2 is 1.74 bits per heavy atom. The number of nitrogens with zero attached hydrogens (tertiary/aromatic N) is 3. The van der Waals surface area contributed by atoms with Gasteiger partial charge in [-0.25, -0.2) is 0 Å². The fourth-order valence-corrected chi connectivity index (χ4v) is 6.75. The molecule has 4 atom stereocenters. The molecule has 3 aliphatic rings. The van der Waals surface area contributed by atoms with Crippen LogP contribution in [-0.4, -0.2) is 86.6 Å². The first kappa shape index (κ1) is 31.0. The van der Waals surface area contributed by atoms with E-state index >= 15 is 0 Å². The zero-order valence-electron chi connectivity index (χ0n) is 24.2. The first-order valence-electron chi connectivity index (χ1n) is 14.2. The first-order valence-corrected chi connectivity index (χ1v) is 14.2. The van der Waals surface area contributed by atoms with E-state index < -0.39 is 74.4 Å². The van der Waals surface area contributed by atoms with E-state index in [1.165, 1.54) is 25.1 Å². The molecule has 0 bridgehead atoms. The van der Waals surface area contributed by atoms with Gasteiger partial charge in [0.2, 0.25) is 11.5 Å². The fraction of sp³-hybridized carbons (Fsp3) is 0.552. The number of fused-ring (bicyclic) bond motifs is 3. The summed E-state index contributed by atoms with van der Waals surface area (Å²) in [6.45, 7) is 5.17. The van der Waals surface area contributed by atoms with E-state index in [0.29, 0.717) is 24.3 Å². The van der Waals surface area contributed by atoms with Gasteiger partial charge in [0.25, 0.3) is 5.91 Å². The van der Waals surface area contributed by atoms with Crippen LogP contribution < -0.4 is 10.6 Å². The van der Waals surface area contributed by atoms with Crippen LogP contribution in [0.1, 0.15) is 57.1 Å². The molecule has 2 unspecified atom stereocenters. The number of hydrogen-bond donors (Lipinski definition) is 5. The maximum Gasteiger partial charge on any atom is 0.313 e. The molecule has 1 amide bonds. The predicted octanol–water partition coefficient (Wildman–Crippen LogP) is 2.28. The number of phenolic OH excluding ortho intramolecular Hbond substituents is 1. The second kappa shape index (κ2) is 11.4. The van der Waals surface area contributed by atoms with Crippen molar-refractivity contribution in [2.24, 2.45) is 17.6 Å². The predicted molar refractivity (Wildman–Crippen MR) is 153 cm³/mol. The number of aliphatic hydroxyl groups is 3. The van der Waals surface area contributed by atoms with Crippen molar-refractivity contribution in [2.75, 3.05) is 32.1 Å². The minimum atomic E-state index is -2.78. The summed E-state index contributed by atoms with van der Waals surface area (Å²) < 4.78 is 0. The summed E-state index contributed by atoms with van der Waals surface area (Å²) in [7, 11) is 3.06. The van der Waals surface area contributed by atoms with Gasteiger partial charge in [0.15, 0.2) is 11.4 Å². The summed E-state index contributed by atoms with van der Waals surface area (Å²) >= 11 is 0. The molecule has 0 saturated heterocycles. The number of rotatable bonds is 10. The van der Waals surface area contributed by atoms with Crippen LogP contribution in [0.15, 0.2) is 23.0 Å². The molecule has 4 rings (SSSR count). The third kappa shape index (κ3) is 4.60. The first-order chi connectivity index (χ1) is 19.7. The summed E-state index contributed by atoms with van der Waals surface area (Å²) in [5, 5.41) is 57.3. The number of nitro benzene ring substituents is 1. The number of aromatic hydroxyl groups is 1. The molecule has 0 radical (unpaired) electrons. The Morgan fingerprint density at radius 1 is 1.14 bits per heavy atom. The van der Waals surface area contributed by atoms with Crippen molar-refractivity contribution in [3.05, 3.63) is 44.2 Å². The summed E-state index contributed by atoms with van der Waals surface area (Å²) in [5.41, 5.74) is 1.26. The minimum absolute atomic E-state index is 0.0597. The lowest BCUT2D eigenvalue weighted by Gasteiger charge is -2.50. The van der Waals surface area contributed by atoms with Gasteiger partial charge in [-0.3, -0.25) is 29.4 Å². The molecule has 1 saturated carbocycles. The van der Waals surface area contributed by atoms with Crippen molar-refractivity contribution in [1.29, 1.82) is 0 Å². The number of benzene rings is 1. The number of phenols is 1. The van der Waals surface area contributed by atoms with Gasteiger partial charge in [-0.1, -0.05) is 26.7 Å². The number of hydrogen-bond acceptors (Lipinski definition) is 11. The lowest BCUT2D eigenvalue weighted by Crippen LogP contribution is -2.65. The highest BCUT2D eigenvalue weighted by molar-refractivity contribution is 6.24. The molecule has 0 aliphatic heterocycles. The Bertz CT molecular complexity index is 1410. The maximum atomic E-state index is 14.1. The van der Waals surface area contributed by atoms with E-state index in [-0.39, 0.29) is 24.0 Å². The number of primary amides is 1. The lowest BCUT2D eigenvalue weighted by molar-refractivity contribution is -0.385. The van der Waals surface area contributed by atoms with Crippen molar-refractivity contribution in [1.82, 2.24) is 4.90 Å². The Labute approximate surface area is 243 Å². The van der Waals surface area contributed by atoms with Gasteiger partial charge < -0.3 is 31.1 Å². The van der Waals surface area contributed by atoms with Crippen LogP contribution in [0.3, 0.4) is 0 Å². The summed E-state index contributed by atoms with van der Waals surface area (Å²) in [6.07, 6.45) is 3.30. The molecule has 42 heavy (non-hydrogen) atoms. The Kier molecular flexibility index (Phi) is 8.38. The SMILES string of the molecule is CCCCN(CCCC)c1cc([N+](=O)[O-])c(O)c2c1CC1CC3[C@H](N(C)C)C(=O)C(C(N)=O)=C(O)[C@@]3(O)C(=O)C1=C2O. The van der Waals surface area contributed by atoms with Gasteiger partial charge in [-0.05, 0) is 51.3 Å². The van der Waals surface area contributed by atoms with Crippen molar-refractivity contribution < 1.29 is 39.7 Å². The molecule has 1 aromatic carbocycles. The number of nitrogens with two attached hydrogens (primary N) is 1. The highest BCUT2D eigenvalue weighted by Crippen LogP contribution is 2.55. The average Bonchev–Trinajstić information content (AvgIpc) is 2.90. The molecule has 0 aromatic heterocycles. The maximum absolute atomic E-state index is 14.1. The summed E-state index contributed by atoms with van der Waals surface area (Å²) in [4.78, 5) is 54.1. The third-order valence-corrected chi connectivity index (χ3v) is 8.78. The molecule has 1 fully saturated rings. The summed E-state index contributed by atoms with van der Waals surface area (Å²) in [5.74, 6) is -8.06. The van der Waals surface area contributed by atoms with E-state index in [2.05, 4.69) is 0 Å². The Morgan fingerprint density at radius 3 is 2.24 bits per heavy atom. The van der Waals surface area contributed by atoms with Gasteiger partial charge in [-0.15, -0.1) is 0 Å². The largest absolute Gasteiger partial charge is 0.508 e. The average molecular weight is 587 g/mol. The van der Waals surface area contributed by atoms with E-state index in [0.717, 1.165) is 25.7 Å². The topological polar surface area (TPSA) is 208 Å². The number of ketones is 2. The van der Waals surface area contributed by atoms with Crippen molar-refractivity contribution in [3.8, 4) is 5.75 Å². The van der Waals surface area contributed by atoms with Crippen LogP contribution in [-0.2, 0) is 20.8 Å². The number of aliphatic hydroxyl groups excluding tert-OH is 2. The number of amides is 1. The highest BCUT2D eigenvalue weighted by atomic mass is 16.6. The van der Waals surface area contributed by atoms with Crippen molar-refractivity contribution in [3.63, 3.8) is 0 Å². The van der Waals surface area contributed by atoms with E-state index in [1.807, 2.05) is 18.7 Å². The lowest BCUT2D eigenvalue weighted by atomic mass is 9.57.